The molecular weight excluding hydrogens is 332 g/mol. The Balaban J connectivity index is 1.34. The van der Waals surface area contributed by atoms with Crippen LogP contribution in [0.4, 0.5) is 0 Å². The summed E-state index contributed by atoms with van der Waals surface area (Å²) in [7, 11) is 0. The first-order valence-corrected chi connectivity index (χ1v) is 10.3. The number of aromatic amines is 1. The maximum atomic E-state index is 10.1. The van der Waals surface area contributed by atoms with E-state index in [9.17, 15) is 5.11 Å². The van der Waals surface area contributed by atoms with Crippen LogP contribution in [0.2, 0.25) is 0 Å². The molecule has 0 bridgehead atoms. The summed E-state index contributed by atoms with van der Waals surface area (Å²) in [6.45, 7) is 6.68. The fourth-order valence-corrected chi connectivity index (χ4v) is 5.29. The van der Waals surface area contributed by atoms with E-state index in [-0.39, 0.29) is 0 Å². The normalized spacial score (nSPS) is 24.8. The number of hydrogen-bond acceptors (Lipinski definition) is 5. The molecular formula is C19H28N4OS. The molecule has 0 radical (unpaired) electrons. The average molecular weight is 361 g/mol. The molecule has 25 heavy (non-hydrogen) atoms. The first-order valence-electron chi connectivity index (χ1n) is 9.32. The molecule has 1 atom stereocenters. The van der Waals surface area contributed by atoms with Crippen LogP contribution in [0.5, 0.6) is 0 Å². The Morgan fingerprint density at radius 3 is 2.64 bits per heavy atom. The van der Waals surface area contributed by atoms with Crippen LogP contribution in [0.25, 0.3) is 0 Å². The Labute approximate surface area is 153 Å². The van der Waals surface area contributed by atoms with Crippen molar-refractivity contribution in [3.8, 4) is 0 Å². The minimum absolute atomic E-state index is 0.318. The number of aromatic nitrogens is 2. The van der Waals surface area contributed by atoms with Gasteiger partial charge in [0.05, 0.1) is 6.54 Å². The fraction of sp³-hybridized carbons (Fsp3) is 0.632. The molecule has 0 aliphatic carbocycles. The predicted molar refractivity (Wildman–Crippen MR) is 100 cm³/mol. The third kappa shape index (κ3) is 3.82. The quantitative estimate of drug-likeness (QED) is 0.860. The van der Waals surface area contributed by atoms with Gasteiger partial charge >= 0.3 is 0 Å². The molecule has 0 aromatic carbocycles. The molecule has 4 heterocycles. The molecule has 2 aromatic heterocycles. The number of likely N-dealkylation sites (tertiary alicyclic amines) is 2. The summed E-state index contributed by atoms with van der Waals surface area (Å²) in [4.78, 5) is 12.6. The maximum Gasteiger partial charge on any atom is 0.120 e. The number of piperidine rings is 2. The first-order chi connectivity index (χ1) is 12.3. The Hall–Kier alpha value is -1.21. The zero-order chi connectivity index (χ0) is 17.1. The smallest absolute Gasteiger partial charge is 0.120 e. The summed E-state index contributed by atoms with van der Waals surface area (Å²) in [5.74, 6) is 1.46. The monoisotopic (exact) mass is 360 g/mol. The largest absolute Gasteiger partial charge is 0.396 e. The summed E-state index contributed by atoms with van der Waals surface area (Å²) in [5, 5.41) is 14.5. The van der Waals surface area contributed by atoms with E-state index in [1.54, 1.807) is 11.3 Å². The van der Waals surface area contributed by atoms with Gasteiger partial charge in [0.15, 0.2) is 0 Å². The molecule has 136 valence electrons. The highest BCUT2D eigenvalue weighted by Crippen LogP contribution is 2.45. The van der Waals surface area contributed by atoms with E-state index in [4.69, 9.17) is 0 Å². The number of aliphatic hydroxyl groups is 1. The highest BCUT2D eigenvalue weighted by atomic mass is 32.1. The Bertz CT molecular complexity index is 626. The lowest BCUT2D eigenvalue weighted by Gasteiger charge is -2.51. The van der Waals surface area contributed by atoms with Gasteiger partial charge in [-0.15, -0.1) is 0 Å². The van der Waals surface area contributed by atoms with Crippen molar-refractivity contribution < 1.29 is 5.11 Å². The minimum Gasteiger partial charge on any atom is -0.396 e. The van der Waals surface area contributed by atoms with Crippen LogP contribution < -0.4 is 0 Å². The third-order valence-electron chi connectivity index (χ3n) is 6.26. The number of H-pyrrole nitrogens is 1. The van der Waals surface area contributed by atoms with Gasteiger partial charge in [0.2, 0.25) is 0 Å². The SMILES string of the molecule is OC[C@@H]1CN(Cc2ccsc2)CCC12CCN(Cc1ncc[nH]1)CC2. The van der Waals surface area contributed by atoms with Crippen LogP contribution in [-0.2, 0) is 13.1 Å². The summed E-state index contributed by atoms with van der Waals surface area (Å²) in [6.07, 6.45) is 7.34. The van der Waals surface area contributed by atoms with Crippen LogP contribution in [0.1, 0.15) is 30.7 Å². The van der Waals surface area contributed by atoms with E-state index in [0.717, 1.165) is 45.1 Å². The molecule has 2 saturated heterocycles. The van der Waals surface area contributed by atoms with E-state index in [1.165, 1.54) is 24.8 Å². The lowest BCUT2D eigenvalue weighted by Crippen LogP contribution is -2.53. The molecule has 2 N–H and O–H groups in total. The summed E-state index contributed by atoms with van der Waals surface area (Å²) < 4.78 is 0. The van der Waals surface area contributed by atoms with E-state index in [1.807, 2.05) is 12.4 Å². The Morgan fingerprint density at radius 2 is 2.00 bits per heavy atom. The van der Waals surface area contributed by atoms with Gasteiger partial charge in [-0.2, -0.15) is 11.3 Å². The summed E-state index contributed by atoms with van der Waals surface area (Å²) in [5.41, 5.74) is 1.74. The molecule has 2 fully saturated rings. The van der Waals surface area contributed by atoms with Crippen molar-refractivity contribution in [2.75, 3.05) is 32.8 Å². The number of nitrogens with zero attached hydrogens (tertiary/aromatic N) is 3. The zero-order valence-corrected chi connectivity index (χ0v) is 15.5. The van der Waals surface area contributed by atoms with Crippen molar-refractivity contribution in [1.29, 1.82) is 0 Å². The predicted octanol–water partition coefficient (Wildman–Crippen LogP) is 2.57. The molecule has 4 rings (SSSR count). The van der Waals surface area contributed by atoms with Crippen molar-refractivity contribution in [3.05, 3.63) is 40.6 Å². The molecule has 0 saturated carbocycles. The maximum absolute atomic E-state index is 10.1. The van der Waals surface area contributed by atoms with Gasteiger partial charge in [0.25, 0.3) is 0 Å². The topological polar surface area (TPSA) is 55.4 Å². The summed E-state index contributed by atoms with van der Waals surface area (Å²) in [6, 6.07) is 2.22. The first kappa shape index (κ1) is 17.2. The number of aliphatic hydroxyl groups excluding tert-OH is 1. The van der Waals surface area contributed by atoms with E-state index >= 15 is 0 Å². The van der Waals surface area contributed by atoms with E-state index in [0.29, 0.717) is 17.9 Å². The van der Waals surface area contributed by atoms with Crippen LogP contribution in [0.3, 0.4) is 0 Å². The lowest BCUT2D eigenvalue weighted by molar-refractivity contribution is -0.0452. The van der Waals surface area contributed by atoms with Gasteiger partial charge < -0.3 is 10.1 Å². The summed E-state index contributed by atoms with van der Waals surface area (Å²) >= 11 is 1.77. The fourth-order valence-electron chi connectivity index (χ4n) is 4.63. The number of rotatable bonds is 5. The molecule has 2 aliphatic heterocycles. The molecule has 0 amide bonds. The van der Waals surface area contributed by atoms with Crippen molar-refractivity contribution in [3.63, 3.8) is 0 Å². The second-order valence-electron chi connectivity index (χ2n) is 7.67. The number of thiophene rings is 1. The number of nitrogens with one attached hydrogen (secondary N) is 1. The van der Waals surface area contributed by atoms with Gasteiger partial charge in [-0.1, -0.05) is 0 Å². The van der Waals surface area contributed by atoms with Gasteiger partial charge in [0.1, 0.15) is 5.82 Å². The van der Waals surface area contributed by atoms with Crippen LogP contribution >= 0.6 is 11.3 Å². The highest BCUT2D eigenvalue weighted by Gasteiger charge is 2.44. The molecule has 0 unspecified atom stereocenters. The molecule has 6 heteroatoms. The second-order valence-corrected chi connectivity index (χ2v) is 8.45. The van der Waals surface area contributed by atoms with Gasteiger partial charge in [-0.3, -0.25) is 9.80 Å². The second kappa shape index (κ2) is 7.58. The Kier molecular flexibility index (Phi) is 5.22. The number of imidazole rings is 1. The lowest BCUT2D eigenvalue weighted by atomic mass is 9.64. The molecule has 5 nitrogen and oxygen atoms in total. The molecule has 2 aromatic rings. The van der Waals surface area contributed by atoms with Crippen molar-refractivity contribution >= 4 is 11.3 Å². The van der Waals surface area contributed by atoms with Gasteiger partial charge in [0, 0.05) is 38.0 Å². The average Bonchev–Trinajstić information content (AvgIpc) is 3.33. The van der Waals surface area contributed by atoms with Crippen LogP contribution in [0.15, 0.2) is 29.2 Å². The van der Waals surface area contributed by atoms with Crippen LogP contribution in [-0.4, -0.2) is 57.7 Å². The van der Waals surface area contributed by atoms with E-state index < -0.39 is 0 Å². The zero-order valence-electron chi connectivity index (χ0n) is 14.7. The molecule has 2 aliphatic rings. The van der Waals surface area contributed by atoms with Crippen LogP contribution in [0, 0.1) is 11.3 Å². The standard InChI is InChI=1S/C19H28N4OS/c24-14-17-12-23(11-16-1-10-25-15-16)9-4-19(17)2-7-22(8-3-19)13-18-20-5-6-21-18/h1,5-6,10,15,17,24H,2-4,7-9,11-14H2,(H,20,21)/t17-/m0/s1. The molecule has 1 spiro atoms. The highest BCUT2D eigenvalue weighted by molar-refractivity contribution is 7.07. The van der Waals surface area contributed by atoms with Crippen molar-refractivity contribution in [1.82, 2.24) is 19.8 Å². The Morgan fingerprint density at radius 1 is 1.20 bits per heavy atom. The third-order valence-corrected chi connectivity index (χ3v) is 6.99. The van der Waals surface area contributed by atoms with Gasteiger partial charge in [-0.25, -0.2) is 4.98 Å². The number of hydrogen-bond donors (Lipinski definition) is 2. The van der Waals surface area contributed by atoms with Crippen molar-refractivity contribution in [2.24, 2.45) is 11.3 Å². The van der Waals surface area contributed by atoms with E-state index in [2.05, 4.69) is 36.6 Å². The minimum atomic E-state index is 0.318. The van der Waals surface area contributed by atoms with Gasteiger partial charge in [-0.05, 0) is 66.7 Å². The van der Waals surface area contributed by atoms with Crippen molar-refractivity contribution in [2.45, 2.75) is 32.4 Å².